The van der Waals surface area contributed by atoms with Gasteiger partial charge >= 0.3 is 0 Å². The van der Waals surface area contributed by atoms with Gasteiger partial charge in [-0.05, 0) is 0 Å². The molecule has 6 nitrogen and oxygen atoms in total. The van der Waals surface area contributed by atoms with Gasteiger partial charge in [0.25, 0.3) is 0 Å². The lowest BCUT2D eigenvalue weighted by molar-refractivity contribution is -0.119. The molecule has 1 amide bonds. The molecule has 1 aromatic heterocycles. The third-order valence-electron chi connectivity index (χ3n) is 1.57. The molecule has 14 heavy (non-hydrogen) atoms. The third-order valence-corrected chi connectivity index (χ3v) is 1.57. The van der Waals surface area contributed by atoms with Gasteiger partial charge in [0.2, 0.25) is 5.91 Å². The number of carbonyl (C=O) groups excluding carboxylic acids is 1. The minimum Gasteiger partial charge on any atom is -0.368 e. The fraction of sp³-hybridized carbons (Fsp3) is 0.500. The standard InChI is InChI=1S/C6H11N5O.2ClH/c1-11-3-9-10-5(11)2-4(7)6(8)12;;/h3-4H,2,7H2,1H3,(H2,8,12);2*1H. The van der Waals surface area contributed by atoms with Crippen molar-refractivity contribution in [3.63, 3.8) is 0 Å². The van der Waals surface area contributed by atoms with Crippen molar-refractivity contribution in [1.82, 2.24) is 14.8 Å². The third kappa shape index (κ3) is 3.91. The summed E-state index contributed by atoms with van der Waals surface area (Å²) in [6.45, 7) is 0. The highest BCUT2D eigenvalue weighted by atomic mass is 35.5. The Bertz CT molecular complexity index is 290. The zero-order valence-corrected chi connectivity index (χ0v) is 9.22. The molecule has 0 bridgehead atoms. The van der Waals surface area contributed by atoms with E-state index in [1.54, 1.807) is 17.9 Å². The van der Waals surface area contributed by atoms with Crippen LogP contribution < -0.4 is 11.5 Å². The van der Waals surface area contributed by atoms with Gasteiger partial charge in [-0.3, -0.25) is 4.79 Å². The Morgan fingerprint density at radius 3 is 2.57 bits per heavy atom. The number of primary amides is 1. The molecular formula is C6H13Cl2N5O. The maximum Gasteiger partial charge on any atom is 0.234 e. The number of halogens is 2. The fourth-order valence-corrected chi connectivity index (χ4v) is 0.789. The van der Waals surface area contributed by atoms with Gasteiger partial charge in [0, 0.05) is 13.5 Å². The molecule has 82 valence electrons. The van der Waals surface area contributed by atoms with E-state index >= 15 is 0 Å². The molecule has 0 aromatic carbocycles. The van der Waals surface area contributed by atoms with E-state index < -0.39 is 11.9 Å². The van der Waals surface area contributed by atoms with Crippen LogP contribution in [0.15, 0.2) is 6.33 Å². The summed E-state index contributed by atoms with van der Waals surface area (Å²) in [5, 5.41) is 7.40. The van der Waals surface area contributed by atoms with Crippen molar-refractivity contribution in [1.29, 1.82) is 0 Å². The molecule has 0 fully saturated rings. The largest absolute Gasteiger partial charge is 0.368 e. The van der Waals surface area contributed by atoms with Gasteiger partial charge in [-0.25, -0.2) is 0 Å². The van der Waals surface area contributed by atoms with Crippen LogP contribution in [0, 0.1) is 0 Å². The molecule has 0 spiro atoms. The van der Waals surface area contributed by atoms with Crippen LogP contribution in [-0.4, -0.2) is 26.7 Å². The Hall–Kier alpha value is -0.850. The van der Waals surface area contributed by atoms with Crippen LogP contribution in [0.2, 0.25) is 0 Å². The normalized spacial score (nSPS) is 11.0. The van der Waals surface area contributed by atoms with Gasteiger partial charge in [0.05, 0.1) is 6.04 Å². The SMILES string of the molecule is Cl.Cl.Cn1cnnc1CC(N)C(N)=O. The van der Waals surface area contributed by atoms with Crippen molar-refractivity contribution < 1.29 is 4.79 Å². The van der Waals surface area contributed by atoms with Crippen LogP contribution in [0.5, 0.6) is 0 Å². The number of hydrogen-bond donors (Lipinski definition) is 2. The highest BCUT2D eigenvalue weighted by Crippen LogP contribution is 1.95. The Labute approximate surface area is 93.9 Å². The van der Waals surface area contributed by atoms with E-state index in [1.165, 1.54) is 0 Å². The zero-order chi connectivity index (χ0) is 9.14. The highest BCUT2D eigenvalue weighted by molar-refractivity contribution is 5.85. The molecule has 4 N–H and O–H groups in total. The van der Waals surface area contributed by atoms with Crippen LogP contribution in [-0.2, 0) is 18.3 Å². The zero-order valence-electron chi connectivity index (χ0n) is 7.58. The number of aromatic nitrogens is 3. The number of nitrogens with two attached hydrogens (primary N) is 2. The minimum atomic E-state index is -0.687. The van der Waals surface area contributed by atoms with Crippen molar-refractivity contribution in [2.24, 2.45) is 18.5 Å². The molecule has 1 heterocycles. The van der Waals surface area contributed by atoms with Gasteiger partial charge in [-0.2, -0.15) is 0 Å². The molecule has 0 radical (unpaired) electrons. The number of aryl methyl sites for hydroxylation is 1. The maximum atomic E-state index is 10.6. The van der Waals surface area contributed by atoms with Crippen molar-refractivity contribution in [3.05, 3.63) is 12.2 Å². The molecule has 0 aliphatic rings. The Balaban J connectivity index is 0. The first kappa shape index (κ1) is 15.6. The van der Waals surface area contributed by atoms with Crippen molar-refractivity contribution >= 4 is 30.7 Å². The Kier molecular flexibility index (Phi) is 7.34. The van der Waals surface area contributed by atoms with Crippen molar-refractivity contribution in [3.8, 4) is 0 Å². The minimum absolute atomic E-state index is 0. The molecule has 1 aromatic rings. The summed E-state index contributed by atoms with van der Waals surface area (Å²) in [6.07, 6.45) is 1.87. The Morgan fingerprint density at radius 1 is 1.64 bits per heavy atom. The molecule has 1 atom stereocenters. The smallest absolute Gasteiger partial charge is 0.234 e. The van der Waals surface area contributed by atoms with Crippen LogP contribution in [0.3, 0.4) is 0 Å². The van der Waals surface area contributed by atoms with Gasteiger partial charge in [-0.15, -0.1) is 35.0 Å². The van der Waals surface area contributed by atoms with Crippen LogP contribution in [0.25, 0.3) is 0 Å². The first-order valence-corrected chi connectivity index (χ1v) is 3.49. The molecule has 0 aliphatic carbocycles. The lowest BCUT2D eigenvalue weighted by Crippen LogP contribution is -2.38. The summed E-state index contributed by atoms with van der Waals surface area (Å²) in [4.78, 5) is 10.6. The Morgan fingerprint density at radius 2 is 2.21 bits per heavy atom. The second-order valence-electron chi connectivity index (χ2n) is 2.57. The second kappa shape index (κ2) is 6.58. The lowest BCUT2D eigenvalue weighted by Gasteiger charge is -2.05. The van der Waals surface area contributed by atoms with Gasteiger partial charge < -0.3 is 16.0 Å². The van der Waals surface area contributed by atoms with Crippen molar-refractivity contribution in [2.75, 3.05) is 0 Å². The molecule has 1 unspecified atom stereocenters. The van der Waals surface area contributed by atoms with Crippen LogP contribution >= 0.6 is 24.8 Å². The molecular weight excluding hydrogens is 229 g/mol. The summed E-state index contributed by atoms with van der Waals surface area (Å²) in [7, 11) is 1.78. The molecule has 0 saturated carbocycles. The molecule has 8 heteroatoms. The first-order valence-electron chi connectivity index (χ1n) is 3.49. The van der Waals surface area contributed by atoms with E-state index in [4.69, 9.17) is 11.5 Å². The van der Waals surface area contributed by atoms with Gasteiger partial charge in [-0.1, -0.05) is 0 Å². The van der Waals surface area contributed by atoms with E-state index in [0.29, 0.717) is 12.2 Å². The summed E-state index contributed by atoms with van der Waals surface area (Å²) in [6, 6.07) is -0.687. The van der Waals surface area contributed by atoms with Crippen molar-refractivity contribution in [2.45, 2.75) is 12.5 Å². The average molecular weight is 242 g/mol. The van der Waals surface area contributed by atoms with E-state index in [1.807, 2.05) is 0 Å². The predicted molar refractivity (Wildman–Crippen MR) is 56.4 cm³/mol. The molecule has 0 aliphatic heterocycles. The number of nitrogens with zero attached hydrogens (tertiary/aromatic N) is 3. The summed E-state index contributed by atoms with van der Waals surface area (Å²) in [5.41, 5.74) is 10.4. The highest BCUT2D eigenvalue weighted by Gasteiger charge is 2.12. The first-order chi connectivity index (χ1) is 5.61. The fourth-order valence-electron chi connectivity index (χ4n) is 0.789. The van der Waals surface area contributed by atoms with Crippen LogP contribution in [0.4, 0.5) is 0 Å². The maximum absolute atomic E-state index is 10.6. The van der Waals surface area contributed by atoms with E-state index in [-0.39, 0.29) is 24.8 Å². The van der Waals surface area contributed by atoms with E-state index in [0.717, 1.165) is 0 Å². The van der Waals surface area contributed by atoms with E-state index in [9.17, 15) is 4.79 Å². The quantitative estimate of drug-likeness (QED) is 0.710. The lowest BCUT2D eigenvalue weighted by atomic mass is 10.2. The summed E-state index contributed by atoms with van der Waals surface area (Å²) < 4.78 is 1.70. The van der Waals surface area contributed by atoms with E-state index in [2.05, 4.69) is 10.2 Å². The number of rotatable bonds is 3. The van der Waals surface area contributed by atoms with Gasteiger partial charge in [0.15, 0.2) is 0 Å². The van der Waals surface area contributed by atoms with Crippen LogP contribution in [0.1, 0.15) is 5.82 Å². The molecule has 1 rings (SSSR count). The number of amides is 1. The average Bonchev–Trinajstić information content (AvgIpc) is 2.36. The second-order valence-corrected chi connectivity index (χ2v) is 2.57. The molecule has 0 saturated heterocycles. The number of carbonyl (C=O) groups is 1. The summed E-state index contributed by atoms with van der Waals surface area (Å²) in [5.74, 6) is 0.124. The number of hydrogen-bond acceptors (Lipinski definition) is 4. The predicted octanol–water partition coefficient (Wildman–Crippen LogP) is -0.986. The van der Waals surface area contributed by atoms with Gasteiger partial charge in [0.1, 0.15) is 12.2 Å². The summed E-state index contributed by atoms with van der Waals surface area (Å²) >= 11 is 0. The monoisotopic (exact) mass is 241 g/mol. The topological polar surface area (TPSA) is 99.8 Å².